The highest BCUT2D eigenvalue weighted by Gasteiger charge is 2.14. The molecule has 0 aliphatic carbocycles. The second-order valence-corrected chi connectivity index (χ2v) is 6.35. The van der Waals surface area contributed by atoms with Gasteiger partial charge in [-0.3, -0.25) is 5.84 Å². The summed E-state index contributed by atoms with van der Waals surface area (Å²) in [7, 11) is 0. The molecule has 90 valence electrons. The molecule has 0 bridgehead atoms. The molecule has 0 fully saturated rings. The number of hydrogen-bond donors (Lipinski definition) is 2. The Labute approximate surface area is 114 Å². The van der Waals surface area contributed by atoms with E-state index in [-0.39, 0.29) is 6.04 Å². The summed E-state index contributed by atoms with van der Waals surface area (Å²) in [6, 6.07) is 10.7. The third-order valence-corrected chi connectivity index (χ3v) is 4.13. The van der Waals surface area contributed by atoms with Crippen molar-refractivity contribution in [2.45, 2.75) is 19.9 Å². The van der Waals surface area contributed by atoms with Crippen LogP contribution in [-0.4, -0.2) is 0 Å². The van der Waals surface area contributed by atoms with E-state index in [1.54, 1.807) is 11.3 Å². The number of benzene rings is 1. The van der Waals surface area contributed by atoms with Crippen LogP contribution in [0.25, 0.3) is 0 Å². The van der Waals surface area contributed by atoms with Crippen molar-refractivity contribution in [2.24, 2.45) is 5.84 Å². The van der Waals surface area contributed by atoms with Crippen LogP contribution >= 0.6 is 27.3 Å². The molecule has 3 N–H and O–H groups in total. The van der Waals surface area contributed by atoms with E-state index in [1.165, 1.54) is 20.9 Å². The van der Waals surface area contributed by atoms with E-state index in [0.29, 0.717) is 0 Å². The first-order valence-corrected chi connectivity index (χ1v) is 7.00. The Kier molecular flexibility index (Phi) is 3.99. The molecule has 0 aliphatic heterocycles. The molecule has 0 saturated heterocycles. The molecule has 1 atom stereocenters. The van der Waals surface area contributed by atoms with E-state index in [1.807, 2.05) is 0 Å². The minimum atomic E-state index is 0.0601. The zero-order valence-corrected chi connectivity index (χ0v) is 12.2. The first kappa shape index (κ1) is 12.8. The Balaban J connectivity index is 2.41. The third kappa shape index (κ3) is 2.96. The normalized spacial score (nSPS) is 12.7. The summed E-state index contributed by atoms with van der Waals surface area (Å²) in [4.78, 5) is 2.54. The quantitative estimate of drug-likeness (QED) is 0.670. The van der Waals surface area contributed by atoms with E-state index in [2.05, 4.69) is 65.5 Å². The maximum Gasteiger partial charge on any atom is 0.0803 e. The summed E-state index contributed by atoms with van der Waals surface area (Å²) < 4.78 is 1.08. The van der Waals surface area contributed by atoms with E-state index < -0.39 is 0 Å². The third-order valence-electron chi connectivity index (χ3n) is 2.61. The van der Waals surface area contributed by atoms with E-state index >= 15 is 0 Å². The number of rotatable bonds is 3. The molecule has 0 radical (unpaired) electrons. The van der Waals surface area contributed by atoms with E-state index in [4.69, 9.17) is 5.84 Å². The number of hydrogen-bond acceptors (Lipinski definition) is 3. The highest BCUT2D eigenvalue weighted by Crippen LogP contribution is 2.29. The lowest BCUT2D eigenvalue weighted by Crippen LogP contribution is -2.28. The van der Waals surface area contributed by atoms with Gasteiger partial charge in [-0.1, -0.05) is 22.0 Å². The summed E-state index contributed by atoms with van der Waals surface area (Å²) in [6.07, 6.45) is 0. The van der Waals surface area contributed by atoms with Gasteiger partial charge >= 0.3 is 0 Å². The largest absolute Gasteiger partial charge is 0.271 e. The van der Waals surface area contributed by atoms with Crippen molar-refractivity contribution >= 4 is 27.3 Å². The molecule has 2 rings (SSSR count). The van der Waals surface area contributed by atoms with Crippen LogP contribution in [-0.2, 0) is 0 Å². The fourth-order valence-electron chi connectivity index (χ4n) is 1.88. The highest BCUT2D eigenvalue weighted by atomic mass is 79.9. The second kappa shape index (κ2) is 5.31. The average Bonchev–Trinajstić information content (AvgIpc) is 2.64. The lowest BCUT2D eigenvalue weighted by Gasteiger charge is -2.15. The molecule has 2 nitrogen and oxygen atoms in total. The summed E-state index contributed by atoms with van der Waals surface area (Å²) in [5, 5.41) is 0. The van der Waals surface area contributed by atoms with Gasteiger partial charge in [0.1, 0.15) is 0 Å². The molecule has 1 heterocycles. The lowest BCUT2D eigenvalue weighted by molar-refractivity contribution is 0.646. The van der Waals surface area contributed by atoms with Gasteiger partial charge in [0.2, 0.25) is 0 Å². The first-order chi connectivity index (χ1) is 8.10. The molecule has 0 saturated carbocycles. The van der Waals surface area contributed by atoms with Gasteiger partial charge in [-0.05, 0) is 49.2 Å². The van der Waals surface area contributed by atoms with Gasteiger partial charge in [-0.25, -0.2) is 5.43 Å². The molecule has 1 unspecified atom stereocenters. The molecule has 0 aliphatic rings. The van der Waals surface area contributed by atoms with Crippen molar-refractivity contribution < 1.29 is 0 Å². The molecular weight excluding hydrogens is 296 g/mol. The molecule has 0 amide bonds. The van der Waals surface area contributed by atoms with Crippen molar-refractivity contribution in [3.05, 3.63) is 55.7 Å². The SMILES string of the molecule is Cc1cc(Br)cc(C(NN)c2ccc(C)s2)c1. The van der Waals surface area contributed by atoms with Crippen LogP contribution in [0.5, 0.6) is 0 Å². The summed E-state index contributed by atoms with van der Waals surface area (Å²) in [6.45, 7) is 4.19. The van der Waals surface area contributed by atoms with Gasteiger partial charge in [0, 0.05) is 14.2 Å². The topological polar surface area (TPSA) is 38.0 Å². The lowest BCUT2D eigenvalue weighted by atomic mass is 10.0. The fourth-order valence-corrected chi connectivity index (χ4v) is 3.47. The van der Waals surface area contributed by atoms with Gasteiger partial charge in [-0.2, -0.15) is 0 Å². The van der Waals surface area contributed by atoms with Gasteiger partial charge in [0.05, 0.1) is 6.04 Å². The number of aryl methyl sites for hydroxylation is 2. The van der Waals surface area contributed by atoms with Gasteiger partial charge in [-0.15, -0.1) is 11.3 Å². The molecule has 4 heteroatoms. The van der Waals surface area contributed by atoms with Crippen LogP contribution in [0.4, 0.5) is 0 Å². The molecule has 1 aromatic carbocycles. The van der Waals surface area contributed by atoms with Crippen LogP contribution in [0.1, 0.15) is 26.9 Å². The van der Waals surface area contributed by atoms with Crippen LogP contribution in [0, 0.1) is 13.8 Å². The number of thiophene rings is 1. The Morgan fingerprint density at radius 2 is 2.00 bits per heavy atom. The predicted molar refractivity (Wildman–Crippen MR) is 77.1 cm³/mol. The minimum Gasteiger partial charge on any atom is -0.271 e. The van der Waals surface area contributed by atoms with Gasteiger partial charge in [0.25, 0.3) is 0 Å². The fraction of sp³-hybridized carbons (Fsp3) is 0.231. The average molecular weight is 311 g/mol. The number of halogens is 1. The van der Waals surface area contributed by atoms with Crippen molar-refractivity contribution in [3.8, 4) is 0 Å². The minimum absolute atomic E-state index is 0.0601. The maximum atomic E-state index is 5.69. The Hall–Kier alpha value is -0.680. The molecule has 17 heavy (non-hydrogen) atoms. The van der Waals surface area contributed by atoms with Gasteiger partial charge < -0.3 is 0 Å². The molecular formula is C13H15BrN2S. The molecule has 2 aromatic rings. The smallest absolute Gasteiger partial charge is 0.0803 e. The molecule has 1 aromatic heterocycles. The summed E-state index contributed by atoms with van der Waals surface area (Å²) in [5.74, 6) is 5.69. The predicted octanol–water partition coefficient (Wildman–Crippen LogP) is 3.68. The van der Waals surface area contributed by atoms with Crippen molar-refractivity contribution in [1.29, 1.82) is 0 Å². The summed E-state index contributed by atoms with van der Waals surface area (Å²) >= 11 is 5.29. The van der Waals surface area contributed by atoms with Crippen molar-refractivity contribution in [3.63, 3.8) is 0 Å². The highest BCUT2D eigenvalue weighted by molar-refractivity contribution is 9.10. The first-order valence-electron chi connectivity index (χ1n) is 5.39. The van der Waals surface area contributed by atoms with Crippen molar-refractivity contribution in [1.82, 2.24) is 5.43 Å². The number of nitrogens with one attached hydrogen (secondary N) is 1. The van der Waals surface area contributed by atoms with Crippen LogP contribution in [0.15, 0.2) is 34.8 Å². The number of hydrazine groups is 1. The van der Waals surface area contributed by atoms with E-state index in [0.717, 1.165) is 4.47 Å². The zero-order valence-electron chi connectivity index (χ0n) is 9.83. The Morgan fingerprint density at radius 3 is 2.53 bits per heavy atom. The summed E-state index contributed by atoms with van der Waals surface area (Å²) in [5.41, 5.74) is 5.30. The second-order valence-electron chi connectivity index (χ2n) is 4.11. The Morgan fingerprint density at radius 1 is 1.24 bits per heavy atom. The zero-order chi connectivity index (χ0) is 12.4. The molecule has 0 spiro atoms. The monoisotopic (exact) mass is 310 g/mol. The number of nitrogens with two attached hydrogens (primary N) is 1. The Bertz CT molecular complexity index is 502. The standard InChI is InChI=1S/C13H15BrN2S/c1-8-5-10(7-11(14)6-8)13(16-15)12-4-3-9(2)17-12/h3-7,13,16H,15H2,1-2H3. The van der Waals surface area contributed by atoms with Gasteiger partial charge in [0.15, 0.2) is 0 Å². The van der Waals surface area contributed by atoms with Crippen LogP contribution in [0.2, 0.25) is 0 Å². The van der Waals surface area contributed by atoms with Crippen LogP contribution < -0.4 is 11.3 Å². The van der Waals surface area contributed by atoms with Crippen molar-refractivity contribution in [2.75, 3.05) is 0 Å². The van der Waals surface area contributed by atoms with E-state index in [9.17, 15) is 0 Å². The maximum absolute atomic E-state index is 5.69. The van der Waals surface area contributed by atoms with Crippen LogP contribution in [0.3, 0.4) is 0 Å².